The molecule has 0 bridgehead atoms. The number of hydrogen-bond donors (Lipinski definition) is 1. The third-order valence-corrected chi connectivity index (χ3v) is 4.93. The lowest BCUT2D eigenvalue weighted by Gasteiger charge is -2.36. The molecule has 0 spiro atoms. The van der Waals surface area contributed by atoms with Gasteiger partial charge in [-0.3, -0.25) is 14.8 Å². The van der Waals surface area contributed by atoms with Crippen LogP contribution in [-0.2, 0) is 7.05 Å². The summed E-state index contributed by atoms with van der Waals surface area (Å²) in [6, 6.07) is 5.14. The number of halogens is 1. The summed E-state index contributed by atoms with van der Waals surface area (Å²) in [7, 11) is 1.68. The van der Waals surface area contributed by atoms with E-state index in [1.165, 1.54) is 16.9 Å². The van der Waals surface area contributed by atoms with Crippen molar-refractivity contribution in [3.05, 3.63) is 51.6 Å². The molecule has 1 unspecified atom stereocenters. The first-order chi connectivity index (χ1) is 12.4. The minimum atomic E-state index is -0.399. The number of nitro groups is 1. The second-order valence-corrected chi connectivity index (χ2v) is 6.89. The standard InChI is InChI=1S/C18H24FN5O2/c1-12-5-4-6-15(19)18(12)23-9-7-14(8-10-23)20-13(2)17-16(24(25)26)11-22(3)21-17/h4-6,11,13-14,20H,7-10H2,1-3H3. The monoisotopic (exact) mass is 361 g/mol. The average Bonchev–Trinajstić information content (AvgIpc) is 2.98. The van der Waals surface area contributed by atoms with Crippen LogP contribution in [0, 0.1) is 22.9 Å². The molecule has 1 fully saturated rings. The molecule has 1 aliphatic heterocycles. The van der Waals surface area contributed by atoms with Crippen molar-refractivity contribution in [3.63, 3.8) is 0 Å². The minimum absolute atomic E-state index is 0.0342. The molecule has 1 N–H and O–H groups in total. The van der Waals surface area contributed by atoms with Gasteiger partial charge in [-0.15, -0.1) is 0 Å². The fraction of sp³-hybridized carbons (Fsp3) is 0.500. The highest BCUT2D eigenvalue weighted by Crippen LogP contribution is 2.28. The van der Waals surface area contributed by atoms with Gasteiger partial charge in [-0.2, -0.15) is 5.10 Å². The molecule has 3 rings (SSSR count). The van der Waals surface area contributed by atoms with Gasteiger partial charge < -0.3 is 10.2 Å². The molecule has 0 amide bonds. The second kappa shape index (κ2) is 7.41. The van der Waals surface area contributed by atoms with E-state index in [-0.39, 0.29) is 23.6 Å². The van der Waals surface area contributed by atoms with E-state index in [9.17, 15) is 14.5 Å². The Labute approximate surface area is 152 Å². The molecule has 0 radical (unpaired) electrons. The van der Waals surface area contributed by atoms with Crippen molar-refractivity contribution in [2.75, 3.05) is 18.0 Å². The largest absolute Gasteiger partial charge is 0.369 e. The lowest BCUT2D eigenvalue weighted by atomic mass is 10.0. The van der Waals surface area contributed by atoms with E-state index in [0.29, 0.717) is 11.4 Å². The molecule has 1 saturated heterocycles. The highest BCUT2D eigenvalue weighted by atomic mass is 19.1. The highest BCUT2D eigenvalue weighted by Gasteiger charge is 2.28. The maximum Gasteiger partial charge on any atom is 0.311 e. The molecule has 0 aliphatic carbocycles. The van der Waals surface area contributed by atoms with Crippen LogP contribution >= 0.6 is 0 Å². The van der Waals surface area contributed by atoms with Crippen molar-refractivity contribution < 1.29 is 9.31 Å². The summed E-state index contributed by atoms with van der Waals surface area (Å²) in [5.41, 5.74) is 2.10. The van der Waals surface area contributed by atoms with Gasteiger partial charge in [0.25, 0.3) is 0 Å². The maximum atomic E-state index is 14.2. The van der Waals surface area contributed by atoms with Crippen LogP contribution in [0.1, 0.15) is 37.1 Å². The van der Waals surface area contributed by atoms with E-state index in [1.807, 2.05) is 19.9 Å². The number of hydrogen-bond acceptors (Lipinski definition) is 5. The zero-order chi connectivity index (χ0) is 18.8. The maximum absolute atomic E-state index is 14.2. The summed E-state index contributed by atoms with van der Waals surface area (Å²) in [5.74, 6) is -0.186. The van der Waals surface area contributed by atoms with Gasteiger partial charge in [0.2, 0.25) is 0 Å². The van der Waals surface area contributed by atoms with E-state index < -0.39 is 4.92 Å². The summed E-state index contributed by atoms with van der Waals surface area (Å²) in [5, 5.41) is 18.9. The predicted octanol–water partition coefficient (Wildman–Crippen LogP) is 3.10. The van der Waals surface area contributed by atoms with Crippen LogP contribution < -0.4 is 10.2 Å². The Morgan fingerprint density at radius 3 is 2.69 bits per heavy atom. The molecule has 0 saturated carbocycles. The Morgan fingerprint density at radius 2 is 2.08 bits per heavy atom. The van der Waals surface area contributed by atoms with Crippen molar-refractivity contribution in [2.45, 2.75) is 38.8 Å². The third kappa shape index (κ3) is 3.70. The molecule has 8 heteroatoms. The van der Waals surface area contributed by atoms with Crippen molar-refractivity contribution in [1.29, 1.82) is 0 Å². The summed E-state index contributed by atoms with van der Waals surface area (Å²) >= 11 is 0. The molecule has 1 atom stereocenters. The second-order valence-electron chi connectivity index (χ2n) is 6.89. The summed E-state index contributed by atoms with van der Waals surface area (Å²) in [6.07, 6.45) is 3.12. The lowest BCUT2D eigenvalue weighted by molar-refractivity contribution is -0.385. The van der Waals surface area contributed by atoms with E-state index in [2.05, 4.69) is 15.3 Å². The van der Waals surface area contributed by atoms with Gasteiger partial charge in [0, 0.05) is 26.2 Å². The first-order valence-corrected chi connectivity index (χ1v) is 8.81. The summed E-state index contributed by atoms with van der Waals surface area (Å²) < 4.78 is 15.6. The molecular formula is C18H24FN5O2. The normalized spacial score (nSPS) is 16.7. The topological polar surface area (TPSA) is 76.2 Å². The van der Waals surface area contributed by atoms with E-state index in [4.69, 9.17) is 0 Å². The Morgan fingerprint density at radius 1 is 1.38 bits per heavy atom. The van der Waals surface area contributed by atoms with E-state index in [1.54, 1.807) is 13.1 Å². The third-order valence-electron chi connectivity index (χ3n) is 4.93. The number of piperidine rings is 1. The van der Waals surface area contributed by atoms with Crippen molar-refractivity contribution in [2.24, 2.45) is 7.05 Å². The molecule has 1 aromatic heterocycles. The molecule has 7 nitrogen and oxygen atoms in total. The van der Waals surface area contributed by atoms with Gasteiger partial charge in [0.15, 0.2) is 5.69 Å². The van der Waals surface area contributed by atoms with Crippen molar-refractivity contribution in [1.82, 2.24) is 15.1 Å². The van der Waals surface area contributed by atoms with Crippen LogP contribution in [0.3, 0.4) is 0 Å². The van der Waals surface area contributed by atoms with Crippen LogP contribution in [0.4, 0.5) is 15.8 Å². The zero-order valence-corrected chi connectivity index (χ0v) is 15.3. The fourth-order valence-corrected chi connectivity index (χ4v) is 3.67. The summed E-state index contributed by atoms with van der Waals surface area (Å²) in [6.45, 7) is 5.31. The van der Waals surface area contributed by atoms with Crippen LogP contribution in [-0.4, -0.2) is 33.8 Å². The zero-order valence-electron chi connectivity index (χ0n) is 15.3. The predicted molar refractivity (Wildman–Crippen MR) is 97.8 cm³/mol. The average molecular weight is 361 g/mol. The van der Waals surface area contributed by atoms with Crippen LogP contribution in [0.5, 0.6) is 0 Å². The van der Waals surface area contributed by atoms with Gasteiger partial charge in [0.05, 0.1) is 16.7 Å². The van der Waals surface area contributed by atoms with Gasteiger partial charge >= 0.3 is 5.69 Å². The molecule has 1 aliphatic rings. The van der Waals surface area contributed by atoms with Gasteiger partial charge in [0.1, 0.15) is 12.0 Å². The Balaban J connectivity index is 1.63. The number of benzene rings is 1. The van der Waals surface area contributed by atoms with E-state index in [0.717, 1.165) is 31.5 Å². The molecule has 26 heavy (non-hydrogen) atoms. The van der Waals surface area contributed by atoms with Gasteiger partial charge in [-0.05, 0) is 38.3 Å². The number of rotatable bonds is 5. The van der Waals surface area contributed by atoms with Gasteiger partial charge in [-0.1, -0.05) is 12.1 Å². The minimum Gasteiger partial charge on any atom is -0.369 e. The van der Waals surface area contributed by atoms with Gasteiger partial charge in [-0.25, -0.2) is 4.39 Å². The van der Waals surface area contributed by atoms with E-state index >= 15 is 0 Å². The number of aromatic nitrogens is 2. The quantitative estimate of drug-likeness (QED) is 0.654. The van der Waals surface area contributed by atoms with Crippen LogP contribution in [0.15, 0.2) is 24.4 Å². The van der Waals surface area contributed by atoms with Crippen LogP contribution in [0.2, 0.25) is 0 Å². The Bertz CT molecular complexity index is 779. The molecule has 2 aromatic rings. The molecule has 1 aromatic carbocycles. The summed E-state index contributed by atoms with van der Waals surface area (Å²) in [4.78, 5) is 12.9. The first kappa shape index (κ1) is 18.3. The number of nitrogens with one attached hydrogen (secondary N) is 1. The first-order valence-electron chi connectivity index (χ1n) is 8.81. The smallest absolute Gasteiger partial charge is 0.311 e. The SMILES string of the molecule is Cc1cccc(F)c1N1CCC(NC(C)c2nn(C)cc2[N+](=O)[O-])CC1. The molecular weight excluding hydrogens is 337 g/mol. The number of aryl methyl sites for hydroxylation is 2. The number of anilines is 1. The number of nitrogens with zero attached hydrogens (tertiary/aromatic N) is 4. The highest BCUT2D eigenvalue weighted by molar-refractivity contribution is 5.54. The van der Waals surface area contributed by atoms with Crippen molar-refractivity contribution >= 4 is 11.4 Å². The van der Waals surface area contributed by atoms with Crippen molar-refractivity contribution in [3.8, 4) is 0 Å². The molecule has 140 valence electrons. The number of para-hydroxylation sites is 1. The fourth-order valence-electron chi connectivity index (χ4n) is 3.67. The van der Waals surface area contributed by atoms with Crippen LogP contribution in [0.25, 0.3) is 0 Å². The Hall–Kier alpha value is -2.48. The Kier molecular flexibility index (Phi) is 5.22. The lowest BCUT2D eigenvalue weighted by Crippen LogP contribution is -2.44. The molecule has 2 heterocycles.